The topological polar surface area (TPSA) is 9.23 Å². The maximum Gasteiger partial charge on any atom is 0.122 e. The van der Waals surface area contributed by atoms with Gasteiger partial charge in [0.15, 0.2) is 0 Å². The van der Waals surface area contributed by atoms with Gasteiger partial charge in [-0.1, -0.05) is 25.5 Å². The fourth-order valence-corrected chi connectivity index (χ4v) is 1.09. The Bertz CT molecular complexity index is 218. The summed E-state index contributed by atoms with van der Waals surface area (Å²) in [5.41, 5.74) is 1.18. The Kier molecular flexibility index (Phi) is 2.96. The van der Waals surface area contributed by atoms with Crippen molar-refractivity contribution in [3.05, 3.63) is 29.8 Å². The van der Waals surface area contributed by atoms with Gasteiger partial charge in [0.2, 0.25) is 0 Å². The highest BCUT2D eigenvalue weighted by Crippen LogP contribution is 2.17. The second kappa shape index (κ2) is 4.02. The van der Waals surface area contributed by atoms with Crippen LogP contribution in [0.1, 0.15) is 18.9 Å². The van der Waals surface area contributed by atoms with E-state index >= 15 is 0 Å². The third-order valence-corrected chi connectivity index (χ3v) is 1.62. The number of benzene rings is 1. The van der Waals surface area contributed by atoms with Crippen molar-refractivity contribution in [1.29, 1.82) is 0 Å². The molecule has 0 bridgehead atoms. The van der Waals surface area contributed by atoms with Crippen LogP contribution in [-0.4, -0.2) is 7.11 Å². The normalized spacial score (nSPS) is 9.64. The fourth-order valence-electron chi connectivity index (χ4n) is 1.09. The summed E-state index contributed by atoms with van der Waals surface area (Å²) in [5.74, 6) is 0.953. The second-order valence-corrected chi connectivity index (χ2v) is 2.47. The molecule has 0 aromatic heterocycles. The number of aryl methyl sites for hydroxylation is 1. The molecule has 0 fully saturated rings. The van der Waals surface area contributed by atoms with Gasteiger partial charge in [-0.2, -0.15) is 0 Å². The Labute approximate surface area is 68.0 Å². The van der Waals surface area contributed by atoms with E-state index in [9.17, 15) is 0 Å². The van der Waals surface area contributed by atoms with E-state index in [2.05, 4.69) is 13.0 Å². The molecule has 1 aromatic rings. The summed E-state index contributed by atoms with van der Waals surface area (Å²) in [6, 6.07) is 9.00. The molecule has 0 heterocycles. The van der Waals surface area contributed by atoms with Gasteiger partial charge in [0, 0.05) is 5.56 Å². The minimum atomic E-state index is 0.953. The Morgan fingerprint density at radius 2 is 2.36 bits per heavy atom. The molecule has 0 saturated carbocycles. The van der Waals surface area contributed by atoms with Crippen LogP contribution in [0, 0.1) is 6.07 Å². The zero-order valence-corrected chi connectivity index (χ0v) is 7.05. The van der Waals surface area contributed by atoms with Gasteiger partial charge >= 0.3 is 0 Å². The largest absolute Gasteiger partial charge is 0.496 e. The fraction of sp³-hybridized carbons (Fsp3) is 0.400. The molecule has 0 spiro atoms. The highest BCUT2D eigenvalue weighted by molar-refractivity contribution is 5.32. The molecule has 0 N–H and O–H groups in total. The minimum Gasteiger partial charge on any atom is -0.496 e. The molecular formula is C10H13O. The number of rotatable bonds is 3. The van der Waals surface area contributed by atoms with Crippen molar-refractivity contribution < 1.29 is 4.74 Å². The molecule has 1 rings (SSSR count). The molecule has 1 heteroatoms. The number of ether oxygens (including phenoxy) is 1. The smallest absolute Gasteiger partial charge is 0.122 e. The van der Waals surface area contributed by atoms with E-state index in [0.717, 1.165) is 18.6 Å². The lowest BCUT2D eigenvalue weighted by atomic mass is 10.1. The molecular weight excluding hydrogens is 136 g/mol. The predicted molar refractivity (Wildman–Crippen MR) is 45.8 cm³/mol. The zero-order valence-electron chi connectivity index (χ0n) is 7.05. The van der Waals surface area contributed by atoms with Gasteiger partial charge in [0.1, 0.15) is 5.75 Å². The third kappa shape index (κ3) is 1.97. The molecule has 0 aliphatic carbocycles. The second-order valence-electron chi connectivity index (χ2n) is 2.47. The first-order valence-electron chi connectivity index (χ1n) is 3.92. The molecule has 0 saturated heterocycles. The number of hydrogen-bond donors (Lipinski definition) is 0. The van der Waals surface area contributed by atoms with Crippen LogP contribution in [-0.2, 0) is 6.42 Å². The molecule has 11 heavy (non-hydrogen) atoms. The van der Waals surface area contributed by atoms with Crippen molar-refractivity contribution in [2.24, 2.45) is 0 Å². The van der Waals surface area contributed by atoms with E-state index in [-0.39, 0.29) is 0 Å². The summed E-state index contributed by atoms with van der Waals surface area (Å²) in [4.78, 5) is 0. The zero-order chi connectivity index (χ0) is 8.10. The Balaban J connectivity index is 2.83. The molecule has 0 amide bonds. The van der Waals surface area contributed by atoms with Gasteiger partial charge in [-0.25, -0.2) is 0 Å². The molecule has 1 radical (unpaired) electrons. The summed E-state index contributed by atoms with van der Waals surface area (Å²) in [6.07, 6.45) is 2.18. The van der Waals surface area contributed by atoms with Gasteiger partial charge in [0.05, 0.1) is 7.11 Å². The van der Waals surface area contributed by atoms with E-state index < -0.39 is 0 Å². The van der Waals surface area contributed by atoms with Crippen LogP contribution < -0.4 is 4.74 Å². The van der Waals surface area contributed by atoms with Crippen molar-refractivity contribution in [2.75, 3.05) is 7.11 Å². The summed E-state index contributed by atoms with van der Waals surface area (Å²) < 4.78 is 5.17. The third-order valence-electron chi connectivity index (χ3n) is 1.62. The minimum absolute atomic E-state index is 0.953. The molecule has 59 valence electrons. The first kappa shape index (κ1) is 8.12. The molecule has 1 aromatic carbocycles. The quantitative estimate of drug-likeness (QED) is 0.641. The van der Waals surface area contributed by atoms with E-state index in [4.69, 9.17) is 4.74 Å². The van der Waals surface area contributed by atoms with Gasteiger partial charge in [0.25, 0.3) is 0 Å². The van der Waals surface area contributed by atoms with Gasteiger partial charge in [-0.15, -0.1) is 0 Å². The first-order valence-corrected chi connectivity index (χ1v) is 3.92. The Morgan fingerprint density at radius 1 is 1.55 bits per heavy atom. The first-order chi connectivity index (χ1) is 5.38. The van der Waals surface area contributed by atoms with Crippen molar-refractivity contribution in [3.63, 3.8) is 0 Å². The van der Waals surface area contributed by atoms with E-state index in [1.54, 1.807) is 7.11 Å². The van der Waals surface area contributed by atoms with Crippen LogP contribution >= 0.6 is 0 Å². The Hall–Kier alpha value is -0.980. The highest BCUT2D eigenvalue weighted by atomic mass is 16.5. The van der Waals surface area contributed by atoms with Gasteiger partial charge < -0.3 is 4.74 Å². The standard InChI is InChI=1S/C10H13O/c1-3-6-9-7-4-5-8-10(9)11-2/h4-5,8H,3,6H2,1-2H3. The summed E-state index contributed by atoms with van der Waals surface area (Å²) in [5, 5.41) is 0. The number of methoxy groups -OCH3 is 1. The molecule has 0 unspecified atom stereocenters. The van der Waals surface area contributed by atoms with E-state index in [1.807, 2.05) is 18.2 Å². The van der Waals surface area contributed by atoms with Crippen molar-refractivity contribution in [3.8, 4) is 5.75 Å². The number of hydrogen-bond acceptors (Lipinski definition) is 1. The summed E-state index contributed by atoms with van der Waals surface area (Å²) >= 11 is 0. The summed E-state index contributed by atoms with van der Waals surface area (Å²) in [7, 11) is 1.70. The monoisotopic (exact) mass is 149 g/mol. The SMILES string of the molecule is CCCc1[c]cccc1OC. The highest BCUT2D eigenvalue weighted by Gasteiger charge is 1.98. The summed E-state index contributed by atoms with van der Waals surface area (Å²) in [6.45, 7) is 2.15. The van der Waals surface area contributed by atoms with Crippen LogP contribution in [0.2, 0.25) is 0 Å². The van der Waals surface area contributed by atoms with Gasteiger partial charge in [-0.05, 0) is 18.6 Å². The average molecular weight is 149 g/mol. The van der Waals surface area contributed by atoms with Crippen LogP contribution in [0.25, 0.3) is 0 Å². The molecule has 0 aliphatic heterocycles. The lowest BCUT2D eigenvalue weighted by molar-refractivity contribution is 0.409. The maximum absolute atomic E-state index is 5.17. The predicted octanol–water partition coefficient (Wildman–Crippen LogP) is 2.45. The Morgan fingerprint density at radius 3 is 3.00 bits per heavy atom. The molecule has 0 atom stereocenters. The van der Waals surface area contributed by atoms with Crippen LogP contribution in [0.3, 0.4) is 0 Å². The van der Waals surface area contributed by atoms with E-state index in [0.29, 0.717) is 0 Å². The van der Waals surface area contributed by atoms with E-state index in [1.165, 1.54) is 5.56 Å². The van der Waals surface area contributed by atoms with Crippen molar-refractivity contribution >= 4 is 0 Å². The van der Waals surface area contributed by atoms with Crippen LogP contribution in [0.4, 0.5) is 0 Å². The van der Waals surface area contributed by atoms with Gasteiger partial charge in [-0.3, -0.25) is 0 Å². The van der Waals surface area contributed by atoms with Crippen molar-refractivity contribution in [2.45, 2.75) is 19.8 Å². The molecule has 0 aliphatic rings. The lowest BCUT2D eigenvalue weighted by Crippen LogP contribution is -1.90. The van der Waals surface area contributed by atoms with Crippen LogP contribution in [0.15, 0.2) is 18.2 Å². The van der Waals surface area contributed by atoms with Crippen molar-refractivity contribution in [1.82, 2.24) is 0 Å². The maximum atomic E-state index is 5.17. The lowest BCUT2D eigenvalue weighted by Gasteiger charge is -2.04. The average Bonchev–Trinajstić information content (AvgIpc) is 2.06. The molecule has 1 nitrogen and oxygen atoms in total. The van der Waals surface area contributed by atoms with Crippen LogP contribution in [0.5, 0.6) is 5.75 Å².